The van der Waals surface area contributed by atoms with Gasteiger partial charge in [-0.25, -0.2) is 0 Å². The summed E-state index contributed by atoms with van der Waals surface area (Å²) in [6.07, 6.45) is -2.58. The van der Waals surface area contributed by atoms with Crippen LogP contribution in [0.1, 0.15) is 36.2 Å². The van der Waals surface area contributed by atoms with Gasteiger partial charge in [-0.1, -0.05) is 18.2 Å². The lowest BCUT2D eigenvalue weighted by Gasteiger charge is -2.31. The molecule has 1 amide bonds. The summed E-state index contributed by atoms with van der Waals surface area (Å²) in [5.41, 5.74) is -0.647. The van der Waals surface area contributed by atoms with Crippen molar-refractivity contribution in [3.63, 3.8) is 0 Å². The summed E-state index contributed by atoms with van der Waals surface area (Å²) in [5.74, 6) is 1.69. The second kappa shape index (κ2) is 9.27. The third-order valence-electron chi connectivity index (χ3n) is 5.13. The molecule has 2 N–H and O–H groups in total. The number of benzene rings is 1. The van der Waals surface area contributed by atoms with Crippen LogP contribution in [0.2, 0.25) is 0 Å². The van der Waals surface area contributed by atoms with Crippen molar-refractivity contribution in [2.75, 3.05) is 30.4 Å². The Morgan fingerprint density at radius 2 is 1.87 bits per heavy atom. The topological polar surface area (TPSA) is 83.0 Å². The summed E-state index contributed by atoms with van der Waals surface area (Å²) < 4.78 is 39.2. The molecule has 0 saturated carbocycles. The van der Waals surface area contributed by atoms with Gasteiger partial charge in [-0.05, 0) is 37.3 Å². The number of hydrogen-bond acceptors (Lipinski definition) is 6. The fourth-order valence-electron chi connectivity index (χ4n) is 3.54. The maximum atomic E-state index is 13.1. The van der Waals surface area contributed by atoms with Crippen LogP contribution in [-0.4, -0.2) is 41.0 Å². The number of nitrogens with zero attached hydrogens (tertiary/aromatic N) is 4. The SMILES string of the molecule is CNc1nc(C)nc(N2CCC(CC(=O)NCc3ccccc3C(F)(F)F)CC2)n1. The first-order valence-electron chi connectivity index (χ1n) is 9.83. The Morgan fingerprint density at radius 3 is 2.53 bits per heavy atom. The van der Waals surface area contributed by atoms with Crippen molar-refractivity contribution in [3.05, 3.63) is 41.2 Å². The van der Waals surface area contributed by atoms with Crippen LogP contribution in [0.5, 0.6) is 0 Å². The van der Waals surface area contributed by atoms with Gasteiger partial charge in [0.1, 0.15) is 5.82 Å². The Morgan fingerprint density at radius 1 is 1.17 bits per heavy atom. The van der Waals surface area contributed by atoms with Gasteiger partial charge in [0.25, 0.3) is 0 Å². The second-order valence-electron chi connectivity index (χ2n) is 7.32. The molecule has 2 aromatic rings. The summed E-state index contributed by atoms with van der Waals surface area (Å²) in [5, 5.41) is 5.54. The number of piperidine rings is 1. The zero-order valence-corrected chi connectivity index (χ0v) is 17.0. The molecule has 0 aliphatic carbocycles. The molecule has 162 valence electrons. The zero-order valence-electron chi connectivity index (χ0n) is 17.0. The van der Waals surface area contributed by atoms with E-state index >= 15 is 0 Å². The quantitative estimate of drug-likeness (QED) is 0.744. The second-order valence-corrected chi connectivity index (χ2v) is 7.32. The molecule has 0 bridgehead atoms. The number of hydrogen-bond donors (Lipinski definition) is 2. The highest BCUT2D eigenvalue weighted by molar-refractivity contribution is 5.76. The zero-order chi connectivity index (χ0) is 21.7. The van der Waals surface area contributed by atoms with E-state index in [4.69, 9.17) is 0 Å². The largest absolute Gasteiger partial charge is 0.416 e. The molecule has 1 aromatic heterocycles. The van der Waals surface area contributed by atoms with Gasteiger partial charge in [0.15, 0.2) is 0 Å². The van der Waals surface area contributed by atoms with E-state index in [0.29, 0.717) is 37.2 Å². The molecule has 1 saturated heterocycles. The van der Waals surface area contributed by atoms with E-state index in [2.05, 4.69) is 30.5 Å². The number of halogens is 3. The van der Waals surface area contributed by atoms with Gasteiger partial charge < -0.3 is 15.5 Å². The van der Waals surface area contributed by atoms with Crippen LogP contribution >= 0.6 is 0 Å². The van der Waals surface area contributed by atoms with Gasteiger partial charge >= 0.3 is 6.18 Å². The van der Waals surface area contributed by atoms with Gasteiger partial charge in [0.2, 0.25) is 17.8 Å². The number of anilines is 2. The highest BCUT2D eigenvalue weighted by Crippen LogP contribution is 2.31. The average molecular weight is 422 g/mol. The third kappa shape index (κ3) is 5.58. The van der Waals surface area contributed by atoms with Crippen LogP contribution in [0.15, 0.2) is 24.3 Å². The fourth-order valence-corrected chi connectivity index (χ4v) is 3.54. The lowest BCUT2D eigenvalue weighted by Crippen LogP contribution is -2.37. The molecular formula is C20H25F3N6O. The number of aryl methyl sites for hydroxylation is 1. The smallest absolute Gasteiger partial charge is 0.357 e. The van der Waals surface area contributed by atoms with Crippen molar-refractivity contribution in [2.24, 2.45) is 5.92 Å². The summed E-state index contributed by atoms with van der Waals surface area (Å²) in [6, 6.07) is 5.29. The number of aromatic nitrogens is 3. The molecule has 7 nitrogen and oxygen atoms in total. The molecule has 0 unspecified atom stereocenters. The minimum Gasteiger partial charge on any atom is -0.357 e. The Hall–Kier alpha value is -2.91. The van der Waals surface area contributed by atoms with Crippen molar-refractivity contribution < 1.29 is 18.0 Å². The summed E-state index contributed by atoms with van der Waals surface area (Å²) in [7, 11) is 1.75. The highest BCUT2D eigenvalue weighted by Gasteiger charge is 2.33. The van der Waals surface area contributed by atoms with Crippen LogP contribution in [0.25, 0.3) is 0 Å². The monoisotopic (exact) mass is 422 g/mol. The van der Waals surface area contributed by atoms with Crippen LogP contribution in [0.3, 0.4) is 0 Å². The Kier molecular flexibility index (Phi) is 6.73. The van der Waals surface area contributed by atoms with Crippen molar-refractivity contribution >= 4 is 17.8 Å². The van der Waals surface area contributed by atoms with Gasteiger partial charge in [0.05, 0.1) is 5.56 Å². The molecule has 10 heteroatoms. The van der Waals surface area contributed by atoms with Crippen LogP contribution in [0, 0.1) is 12.8 Å². The van der Waals surface area contributed by atoms with E-state index in [1.54, 1.807) is 14.0 Å². The normalized spacial score (nSPS) is 15.2. The molecule has 0 atom stereocenters. The van der Waals surface area contributed by atoms with Crippen LogP contribution in [0.4, 0.5) is 25.1 Å². The van der Waals surface area contributed by atoms with Gasteiger partial charge in [-0.3, -0.25) is 4.79 Å². The molecule has 1 fully saturated rings. The third-order valence-corrected chi connectivity index (χ3v) is 5.13. The van der Waals surface area contributed by atoms with E-state index in [0.717, 1.165) is 18.9 Å². The molecule has 3 rings (SSSR count). The fraction of sp³-hybridized carbons (Fsp3) is 0.500. The van der Waals surface area contributed by atoms with E-state index in [9.17, 15) is 18.0 Å². The molecule has 1 aliphatic heterocycles. The average Bonchev–Trinajstić information content (AvgIpc) is 2.72. The van der Waals surface area contributed by atoms with Crippen molar-refractivity contribution in [1.29, 1.82) is 0 Å². The number of nitrogens with one attached hydrogen (secondary N) is 2. The number of alkyl halides is 3. The summed E-state index contributed by atoms with van der Waals surface area (Å²) >= 11 is 0. The standard InChI is InChI=1S/C20H25F3N6O/c1-13-26-18(24-2)28-19(27-13)29-9-7-14(8-10-29)11-17(30)25-12-15-5-3-4-6-16(15)20(21,22)23/h3-6,14H,7-12H2,1-2H3,(H,25,30)(H,24,26,27,28). The lowest BCUT2D eigenvalue weighted by atomic mass is 9.93. The van der Waals surface area contributed by atoms with Gasteiger partial charge in [-0.2, -0.15) is 28.1 Å². The van der Waals surface area contributed by atoms with Crippen LogP contribution < -0.4 is 15.5 Å². The van der Waals surface area contributed by atoms with Gasteiger partial charge in [-0.15, -0.1) is 0 Å². The minimum atomic E-state index is -4.44. The number of rotatable bonds is 6. The van der Waals surface area contributed by atoms with Crippen LogP contribution in [-0.2, 0) is 17.5 Å². The Bertz CT molecular complexity index is 881. The highest BCUT2D eigenvalue weighted by atomic mass is 19.4. The summed E-state index contributed by atoms with van der Waals surface area (Å²) in [6.45, 7) is 3.09. The molecule has 0 spiro atoms. The number of carbonyl (C=O) groups is 1. The lowest BCUT2D eigenvalue weighted by molar-refractivity contribution is -0.138. The minimum absolute atomic E-state index is 0.0683. The van der Waals surface area contributed by atoms with Gasteiger partial charge in [0, 0.05) is 33.1 Å². The maximum Gasteiger partial charge on any atom is 0.416 e. The maximum absolute atomic E-state index is 13.1. The molecule has 2 heterocycles. The van der Waals surface area contributed by atoms with E-state index < -0.39 is 11.7 Å². The molecule has 1 aliphatic rings. The first-order chi connectivity index (χ1) is 14.3. The van der Waals surface area contributed by atoms with E-state index in [1.165, 1.54) is 18.2 Å². The molecular weight excluding hydrogens is 397 g/mol. The molecule has 30 heavy (non-hydrogen) atoms. The number of carbonyl (C=O) groups excluding carboxylic acids is 1. The number of amides is 1. The van der Waals surface area contributed by atoms with E-state index in [1.807, 2.05) is 0 Å². The summed E-state index contributed by atoms with van der Waals surface area (Å²) in [4.78, 5) is 27.3. The Labute approximate surface area is 173 Å². The van der Waals surface area contributed by atoms with Crippen molar-refractivity contribution in [1.82, 2.24) is 20.3 Å². The Balaban J connectivity index is 1.50. The molecule has 0 radical (unpaired) electrons. The van der Waals surface area contributed by atoms with E-state index in [-0.39, 0.29) is 23.9 Å². The van der Waals surface area contributed by atoms with Crippen molar-refractivity contribution in [2.45, 2.75) is 38.9 Å². The van der Waals surface area contributed by atoms with Crippen molar-refractivity contribution in [3.8, 4) is 0 Å². The predicted molar refractivity (Wildman–Crippen MR) is 107 cm³/mol. The first kappa shape index (κ1) is 21.8. The molecule has 1 aromatic carbocycles. The predicted octanol–water partition coefficient (Wildman–Crippen LogP) is 3.16. The first-order valence-corrected chi connectivity index (χ1v) is 9.83.